The summed E-state index contributed by atoms with van der Waals surface area (Å²) in [5, 5.41) is 19.2. The van der Waals surface area contributed by atoms with Gasteiger partial charge in [-0.05, 0) is 83.1 Å². The number of nitrogens with one attached hydrogen (secondary N) is 3. The van der Waals surface area contributed by atoms with Crippen molar-refractivity contribution in [3.05, 3.63) is 113 Å². The van der Waals surface area contributed by atoms with Crippen LogP contribution in [0.5, 0.6) is 11.5 Å². The van der Waals surface area contributed by atoms with Crippen LogP contribution in [0.25, 0.3) is 22.2 Å². The van der Waals surface area contributed by atoms with Crippen LogP contribution in [-0.2, 0) is 19.4 Å². The number of benzene rings is 4. The summed E-state index contributed by atoms with van der Waals surface area (Å²) in [5.41, 5.74) is 7.63. The number of H-pyrrole nitrogens is 1. The van der Waals surface area contributed by atoms with Gasteiger partial charge in [-0.15, -0.1) is 5.10 Å². The number of fused-ring (bicyclic) bond motifs is 1. The average Bonchev–Trinajstić information content (AvgIpc) is 3.76. The number of aryl methyl sites for hydroxylation is 2. The van der Waals surface area contributed by atoms with E-state index in [-0.39, 0.29) is 17.8 Å². The van der Waals surface area contributed by atoms with E-state index < -0.39 is 0 Å². The van der Waals surface area contributed by atoms with Gasteiger partial charge in [0.2, 0.25) is 0 Å². The Balaban J connectivity index is 1.21. The Kier molecular flexibility index (Phi) is 9.93. The Morgan fingerprint density at radius 1 is 0.878 bits per heavy atom. The van der Waals surface area contributed by atoms with Gasteiger partial charge in [0.1, 0.15) is 5.82 Å². The number of rotatable bonds is 13. The first-order chi connectivity index (χ1) is 23.9. The molecule has 12 heteroatoms. The number of tetrazole rings is 1. The highest BCUT2D eigenvalue weighted by molar-refractivity contribution is 6.08. The van der Waals surface area contributed by atoms with Crippen LogP contribution in [0.1, 0.15) is 56.6 Å². The van der Waals surface area contributed by atoms with Gasteiger partial charge < -0.3 is 19.4 Å². The number of hydrogen-bond donors (Lipinski definition) is 3. The summed E-state index contributed by atoms with van der Waals surface area (Å²) < 4.78 is 12.9. The van der Waals surface area contributed by atoms with E-state index in [2.05, 4.69) is 54.9 Å². The maximum absolute atomic E-state index is 13.4. The monoisotopic (exact) mass is 658 g/mol. The minimum atomic E-state index is -0.327. The van der Waals surface area contributed by atoms with Crippen LogP contribution in [0.2, 0.25) is 0 Å². The second kappa shape index (κ2) is 14.8. The first-order valence-electron chi connectivity index (χ1n) is 16.1. The van der Waals surface area contributed by atoms with Gasteiger partial charge >= 0.3 is 0 Å². The summed E-state index contributed by atoms with van der Waals surface area (Å²) in [6.07, 6.45) is 2.39. The lowest BCUT2D eigenvalue weighted by molar-refractivity contribution is 0.0953. The zero-order valence-corrected chi connectivity index (χ0v) is 27.9. The lowest BCUT2D eigenvalue weighted by Gasteiger charge is -2.13. The molecule has 6 aromatic rings. The van der Waals surface area contributed by atoms with Crippen molar-refractivity contribution in [1.82, 2.24) is 35.5 Å². The van der Waals surface area contributed by atoms with E-state index in [0.717, 1.165) is 57.5 Å². The van der Waals surface area contributed by atoms with Crippen molar-refractivity contribution in [3.63, 3.8) is 0 Å². The standard InChI is InChI=1S/C37H38N8O4/c1-5-8-33-39-34-23(2)19-27(35(46)38-18-17-24-13-16-31(48-3)32(20-24)49-4)21-30(34)45(33)22-25-11-14-26(15-12-25)28-9-6-7-10-29(28)36(47)40-37-41-43-44-42-37/h6-7,9-16,19-21H,5,8,17-18,22H2,1-4H3,(H,38,46)(H2,40,41,42,43,44,47). The highest BCUT2D eigenvalue weighted by atomic mass is 16.5. The normalized spacial score (nSPS) is 11.0. The second-order valence-corrected chi connectivity index (χ2v) is 11.7. The second-order valence-electron chi connectivity index (χ2n) is 11.7. The summed E-state index contributed by atoms with van der Waals surface area (Å²) in [6.45, 7) is 5.18. The Morgan fingerprint density at radius 2 is 1.65 bits per heavy atom. The van der Waals surface area contributed by atoms with Crippen LogP contribution >= 0.6 is 0 Å². The molecule has 0 fully saturated rings. The van der Waals surface area contributed by atoms with Gasteiger partial charge in [-0.25, -0.2) is 4.98 Å². The number of aromatic amines is 1. The SMILES string of the molecule is CCCc1nc2c(C)cc(C(=O)NCCc3ccc(OC)c(OC)c3)cc2n1Cc1ccc(-c2ccccc2C(=O)Nc2nn[nH]n2)cc1. The molecule has 0 bridgehead atoms. The third-order valence-electron chi connectivity index (χ3n) is 8.35. The summed E-state index contributed by atoms with van der Waals surface area (Å²) in [6, 6.07) is 25.1. The van der Waals surface area contributed by atoms with Crippen LogP contribution in [0.4, 0.5) is 5.95 Å². The Morgan fingerprint density at radius 3 is 2.39 bits per heavy atom. The Bertz CT molecular complexity index is 2090. The van der Waals surface area contributed by atoms with Crippen LogP contribution in [-0.4, -0.2) is 62.8 Å². The lowest BCUT2D eigenvalue weighted by atomic mass is 9.98. The molecule has 12 nitrogen and oxygen atoms in total. The molecular weight excluding hydrogens is 620 g/mol. The molecule has 0 atom stereocenters. The van der Waals surface area contributed by atoms with E-state index in [1.165, 1.54) is 0 Å². The number of methoxy groups -OCH3 is 2. The molecule has 0 aliphatic carbocycles. The Hall–Kier alpha value is -6.04. The van der Waals surface area contributed by atoms with Gasteiger partial charge in [0.25, 0.3) is 17.8 Å². The average molecular weight is 659 g/mol. The molecule has 49 heavy (non-hydrogen) atoms. The fraction of sp³-hybridized carbons (Fsp3) is 0.243. The maximum Gasteiger partial charge on any atom is 0.270 e. The molecule has 0 unspecified atom stereocenters. The van der Waals surface area contributed by atoms with Crippen molar-refractivity contribution in [2.45, 2.75) is 39.7 Å². The molecule has 4 aromatic carbocycles. The molecule has 250 valence electrons. The first kappa shape index (κ1) is 32.9. The van der Waals surface area contributed by atoms with Gasteiger partial charge in [-0.1, -0.05) is 60.6 Å². The van der Waals surface area contributed by atoms with Gasteiger partial charge in [-0.3, -0.25) is 14.9 Å². The molecule has 0 spiro atoms. The molecule has 2 amide bonds. The van der Waals surface area contributed by atoms with Crippen LogP contribution in [0.3, 0.4) is 0 Å². The first-order valence-corrected chi connectivity index (χ1v) is 16.1. The van der Waals surface area contributed by atoms with Crippen LogP contribution in [0.15, 0.2) is 78.9 Å². The van der Waals surface area contributed by atoms with Gasteiger partial charge in [-0.2, -0.15) is 5.21 Å². The third kappa shape index (κ3) is 7.28. The van der Waals surface area contributed by atoms with E-state index in [1.807, 2.05) is 67.6 Å². The fourth-order valence-electron chi connectivity index (χ4n) is 5.91. The van der Waals surface area contributed by atoms with E-state index in [0.29, 0.717) is 42.1 Å². The quantitative estimate of drug-likeness (QED) is 0.142. The summed E-state index contributed by atoms with van der Waals surface area (Å²) in [7, 11) is 3.21. The Labute approximate surface area is 283 Å². The number of ether oxygens (including phenoxy) is 2. The van der Waals surface area contributed by atoms with Crippen molar-refractivity contribution in [3.8, 4) is 22.6 Å². The number of carbonyl (C=O) groups is 2. The number of hydrogen-bond acceptors (Lipinski definition) is 8. The minimum absolute atomic E-state index is 0.107. The van der Waals surface area contributed by atoms with Crippen molar-refractivity contribution in [1.29, 1.82) is 0 Å². The predicted octanol–water partition coefficient (Wildman–Crippen LogP) is 5.77. The molecule has 2 aromatic heterocycles. The van der Waals surface area contributed by atoms with Crippen molar-refractivity contribution in [2.24, 2.45) is 0 Å². The van der Waals surface area contributed by atoms with Gasteiger partial charge in [0, 0.05) is 30.6 Å². The number of amides is 2. The van der Waals surface area contributed by atoms with E-state index in [1.54, 1.807) is 20.3 Å². The summed E-state index contributed by atoms with van der Waals surface area (Å²) in [4.78, 5) is 31.4. The van der Waals surface area contributed by atoms with Crippen molar-refractivity contribution in [2.75, 3.05) is 26.1 Å². The molecule has 0 aliphatic heterocycles. The molecule has 0 radical (unpaired) electrons. The smallest absolute Gasteiger partial charge is 0.270 e. The van der Waals surface area contributed by atoms with Crippen molar-refractivity contribution >= 4 is 28.8 Å². The van der Waals surface area contributed by atoms with E-state index in [9.17, 15) is 9.59 Å². The van der Waals surface area contributed by atoms with Gasteiger partial charge in [0.05, 0.1) is 25.3 Å². The molecule has 0 saturated carbocycles. The number of anilines is 1. The number of carbonyl (C=O) groups excluding carboxylic acids is 2. The molecule has 3 N–H and O–H groups in total. The largest absolute Gasteiger partial charge is 0.493 e. The van der Waals surface area contributed by atoms with Crippen LogP contribution < -0.4 is 20.1 Å². The number of aromatic nitrogens is 6. The summed E-state index contributed by atoms with van der Waals surface area (Å²) in [5.74, 6) is 1.94. The zero-order valence-electron chi connectivity index (χ0n) is 27.9. The molecule has 2 heterocycles. The maximum atomic E-state index is 13.4. The predicted molar refractivity (Wildman–Crippen MR) is 187 cm³/mol. The van der Waals surface area contributed by atoms with Gasteiger partial charge in [0.15, 0.2) is 11.5 Å². The number of nitrogens with zero attached hydrogens (tertiary/aromatic N) is 5. The number of imidazole rings is 1. The van der Waals surface area contributed by atoms with Crippen molar-refractivity contribution < 1.29 is 19.1 Å². The highest BCUT2D eigenvalue weighted by Crippen LogP contribution is 2.29. The van der Waals surface area contributed by atoms with Crippen LogP contribution in [0, 0.1) is 6.92 Å². The highest BCUT2D eigenvalue weighted by Gasteiger charge is 2.18. The van der Waals surface area contributed by atoms with E-state index >= 15 is 0 Å². The molecule has 0 aliphatic rings. The topological polar surface area (TPSA) is 149 Å². The van der Waals surface area contributed by atoms with E-state index in [4.69, 9.17) is 14.5 Å². The zero-order chi connectivity index (χ0) is 34.3. The fourth-order valence-corrected chi connectivity index (χ4v) is 5.91. The minimum Gasteiger partial charge on any atom is -0.493 e. The summed E-state index contributed by atoms with van der Waals surface area (Å²) >= 11 is 0. The molecular formula is C37H38N8O4. The lowest BCUT2D eigenvalue weighted by Crippen LogP contribution is -2.25. The molecule has 6 rings (SSSR count). The third-order valence-corrected chi connectivity index (χ3v) is 8.35. The molecule has 0 saturated heterocycles.